The van der Waals surface area contributed by atoms with E-state index in [-0.39, 0.29) is 18.3 Å². The summed E-state index contributed by atoms with van der Waals surface area (Å²) in [5.41, 5.74) is 1.06. The Balaban J connectivity index is 2.61. The quantitative estimate of drug-likeness (QED) is 0.763. The van der Waals surface area contributed by atoms with Crippen molar-refractivity contribution in [3.63, 3.8) is 0 Å². The molecule has 0 radical (unpaired) electrons. The van der Waals surface area contributed by atoms with Gasteiger partial charge >= 0.3 is 0 Å². The van der Waals surface area contributed by atoms with E-state index in [1.165, 1.54) is 0 Å². The zero-order valence-electron chi connectivity index (χ0n) is 9.31. The number of hydrogen-bond acceptors (Lipinski definition) is 3. The minimum Gasteiger partial charge on any atom is -0.396 e. The van der Waals surface area contributed by atoms with Crippen LogP contribution in [0.15, 0.2) is 12.4 Å². The maximum Gasteiger partial charge on any atom is 0.133 e. The number of carbonyl (C=O) groups excluding carboxylic acids is 1. The number of Topliss-reactive ketones (excluding diaryl/α,β-unsaturated/α-hetero) is 1. The lowest BCUT2D eigenvalue weighted by molar-refractivity contribution is -0.121. The van der Waals surface area contributed by atoms with E-state index in [2.05, 4.69) is 5.10 Å². The van der Waals surface area contributed by atoms with Crippen molar-refractivity contribution in [2.45, 2.75) is 33.2 Å². The van der Waals surface area contributed by atoms with Crippen LogP contribution >= 0.6 is 0 Å². The van der Waals surface area contributed by atoms with Crippen molar-refractivity contribution in [1.82, 2.24) is 9.78 Å². The molecule has 0 saturated heterocycles. The van der Waals surface area contributed by atoms with E-state index in [9.17, 15) is 4.79 Å². The first kappa shape index (κ1) is 11.9. The smallest absolute Gasteiger partial charge is 0.133 e. The van der Waals surface area contributed by atoms with E-state index in [0.717, 1.165) is 12.1 Å². The molecular weight excluding hydrogens is 192 g/mol. The van der Waals surface area contributed by atoms with Gasteiger partial charge in [-0.25, -0.2) is 0 Å². The standard InChI is InChI=1S/C11H18N2O2/c1-3-13-8-10(7-12-13)6-11(4-5-14)9(2)15/h7-8,11,14H,3-6H2,1-2H3. The lowest BCUT2D eigenvalue weighted by Crippen LogP contribution is -2.15. The van der Waals surface area contributed by atoms with Crippen LogP contribution in [0.4, 0.5) is 0 Å². The summed E-state index contributed by atoms with van der Waals surface area (Å²) in [4.78, 5) is 11.3. The van der Waals surface area contributed by atoms with E-state index < -0.39 is 0 Å². The van der Waals surface area contributed by atoms with Crippen LogP contribution in [0.25, 0.3) is 0 Å². The lowest BCUT2D eigenvalue weighted by Gasteiger charge is -2.10. The Bertz CT molecular complexity index is 320. The normalized spacial score (nSPS) is 12.7. The predicted octanol–water partition coefficient (Wildman–Crippen LogP) is 1.03. The van der Waals surface area contributed by atoms with Gasteiger partial charge in [-0.05, 0) is 32.3 Å². The van der Waals surface area contributed by atoms with Crippen molar-refractivity contribution in [2.75, 3.05) is 6.61 Å². The number of nitrogens with zero attached hydrogens (tertiary/aromatic N) is 2. The van der Waals surface area contributed by atoms with Crippen LogP contribution in [0, 0.1) is 5.92 Å². The van der Waals surface area contributed by atoms with Crippen molar-refractivity contribution < 1.29 is 9.90 Å². The van der Waals surface area contributed by atoms with Crippen LogP contribution in [0.1, 0.15) is 25.8 Å². The summed E-state index contributed by atoms with van der Waals surface area (Å²) in [6, 6.07) is 0. The molecule has 0 aliphatic rings. The summed E-state index contributed by atoms with van der Waals surface area (Å²) >= 11 is 0. The van der Waals surface area contributed by atoms with E-state index >= 15 is 0 Å². The summed E-state index contributed by atoms with van der Waals surface area (Å²) in [5, 5.41) is 13.0. The number of aliphatic hydroxyl groups excluding tert-OH is 1. The number of aliphatic hydroxyl groups is 1. The van der Waals surface area contributed by atoms with Crippen LogP contribution in [-0.4, -0.2) is 27.3 Å². The van der Waals surface area contributed by atoms with Gasteiger partial charge in [0.05, 0.1) is 6.20 Å². The molecule has 1 aromatic heterocycles. The Labute approximate surface area is 89.9 Å². The second kappa shape index (κ2) is 5.66. The molecule has 0 saturated carbocycles. The van der Waals surface area contributed by atoms with Crippen molar-refractivity contribution in [1.29, 1.82) is 0 Å². The summed E-state index contributed by atoms with van der Waals surface area (Å²) in [7, 11) is 0. The second-order valence-corrected chi connectivity index (χ2v) is 3.73. The van der Waals surface area contributed by atoms with E-state index in [1.807, 2.05) is 17.8 Å². The third kappa shape index (κ3) is 3.47. The number of rotatable bonds is 6. The maximum atomic E-state index is 11.3. The SMILES string of the molecule is CCn1cc(CC(CCO)C(C)=O)cn1. The first-order valence-corrected chi connectivity index (χ1v) is 5.30. The Kier molecular flexibility index (Phi) is 4.49. The zero-order valence-corrected chi connectivity index (χ0v) is 9.31. The fourth-order valence-corrected chi connectivity index (χ4v) is 1.57. The van der Waals surface area contributed by atoms with Crippen molar-refractivity contribution in [2.24, 2.45) is 5.92 Å². The van der Waals surface area contributed by atoms with Gasteiger partial charge in [0.1, 0.15) is 5.78 Å². The molecule has 84 valence electrons. The van der Waals surface area contributed by atoms with Gasteiger partial charge in [-0.1, -0.05) is 0 Å². The fourth-order valence-electron chi connectivity index (χ4n) is 1.57. The third-order valence-electron chi connectivity index (χ3n) is 2.55. The first-order chi connectivity index (χ1) is 7.17. The molecule has 0 aliphatic carbocycles. The molecular formula is C11H18N2O2. The summed E-state index contributed by atoms with van der Waals surface area (Å²) in [6.07, 6.45) is 4.95. The van der Waals surface area contributed by atoms with Crippen LogP contribution in [0.3, 0.4) is 0 Å². The molecule has 4 heteroatoms. The molecule has 0 fully saturated rings. The molecule has 0 amide bonds. The average molecular weight is 210 g/mol. The molecule has 4 nitrogen and oxygen atoms in total. The molecule has 0 bridgehead atoms. The minimum absolute atomic E-state index is 0.0617. The molecule has 1 aromatic rings. The molecule has 1 unspecified atom stereocenters. The summed E-state index contributed by atoms with van der Waals surface area (Å²) < 4.78 is 1.84. The Morgan fingerprint density at radius 2 is 2.40 bits per heavy atom. The Morgan fingerprint density at radius 1 is 1.67 bits per heavy atom. The Hall–Kier alpha value is -1.16. The summed E-state index contributed by atoms with van der Waals surface area (Å²) in [5.74, 6) is 0.0535. The van der Waals surface area contributed by atoms with Crippen LogP contribution in [-0.2, 0) is 17.8 Å². The van der Waals surface area contributed by atoms with E-state index in [1.54, 1.807) is 13.1 Å². The highest BCUT2D eigenvalue weighted by Crippen LogP contribution is 2.12. The molecule has 1 rings (SSSR count). The highest BCUT2D eigenvalue weighted by molar-refractivity contribution is 5.78. The van der Waals surface area contributed by atoms with Gasteiger partial charge in [0, 0.05) is 25.3 Å². The van der Waals surface area contributed by atoms with Gasteiger partial charge < -0.3 is 5.11 Å². The lowest BCUT2D eigenvalue weighted by atomic mass is 9.95. The van der Waals surface area contributed by atoms with Crippen LogP contribution in [0.2, 0.25) is 0 Å². The van der Waals surface area contributed by atoms with E-state index in [0.29, 0.717) is 12.8 Å². The van der Waals surface area contributed by atoms with Gasteiger partial charge in [0.15, 0.2) is 0 Å². The van der Waals surface area contributed by atoms with Gasteiger partial charge in [0.25, 0.3) is 0 Å². The summed E-state index contributed by atoms with van der Waals surface area (Å²) in [6.45, 7) is 4.49. The van der Waals surface area contributed by atoms with Crippen LogP contribution in [0.5, 0.6) is 0 Å². The first-order valence-electron chi connectivity index (χ1n) is 5.30. The molecule has 1 atom stereocenters. The van der Waals surface area contributed by atoms with Crippen molar-refractivity contribution in [3.05, 3.63) is 18.0 Å². The largest absolute Gasteiger partial charge is 0.396 e. The molecule has 0 spiro atoms. The fraction of sp³-hybridized carbons (Fsp3) is 0.636. The molecule has 0 aliphatic heterocycles. The number of aryl methyl sites for hydroxylation is 1. The highest BCUT2D eigenvalue weighted by Gasteiger charge is 2.15. The van der Waals surface area contributed by atoms with Gasteiger partial charge in [0.2, 0.25) is 0 Å². The van der Waals surface area contributed by atoms with Gasteiger partial charge in [-0.2, -0.15) is 5.10 Å². The third-order valence-corrected chi connectivity index (χ3v) is 2.55. The number of aromatic nitrogens is 2. The predicted molar refractivity (Wildman–Crippen MR) is 57.5 cm³/mol. The molecule has 15 heavy (non-hydrogen) atoms. The highest BCUT2D eigenvalue weighted by atomic mass is 16.3. The minimum atomic E-state index is -0.0792. The van der Waals surface area contributed by atoms with Gasteiger partial charge in [-0.15, -0.1) is 0 Å². The monoisotopic (exact) mass is 210 g/mol. The van der Waals surface area contributed by atoms with Crippen molar-refractivity contribution in [3.8, 4) is 0 Å². The number of hydrogen-bond donors (Lipinski definition) is 1. The second-order valence-electron chi connectivity index (χ2n) is 3.73. The topological polar surface area (TPSA) is 55.1 Å². The van der Waals surface area contributed by atoms with Crippen molar-refractivity contribution >= 4 is 5.78 Å². The average Bonchev–Trinajstić information content (AvgIpc) is 2.65. The number of carbonyl (C=O) groups is 1. The zero-order chi connectivity index (χ0) is 11.3. The van der Waals surface area contributed by atoms with Crippen LogP contribution < -0.4 is 0 Å². The molecule has 0 aromatic carbocycles. The molecule has 1 heterocycles. The molecule has 1 N–H and O–H groups in total. The van der Waals surface area contributed by atoms with Gasteiger partial charge in [-0.3, -0.25) is 9.48 Å². The maximum absolute atomic E-state index is 11.3. The van der Waals surface area contributed by atoms with E-state index in [4.69, 9.17) is 5.11 Å². The Morgan fingerprint density at radius 3 is 2.87 bits per heavy atom. The number of ketones is 1.